The molecule has 1 heterocycles. The molecule has 1 rings (SSSR count). The summed E-state index contributed by atoms with van der Waals surface area (Å²) >= 11 is 0. The molecule has 1 aliphatic rings. The van der Waals surface area contributed by atoms with Crippen LogP contribution in [0.4, 0.5) is 0 Å². The second-order valence-corrected chi connectivity index (χ2v) is 3.23. The zero-order valence-corrected chi connectivity index (χ0v) is 7.49. The fraction of sp³-hybridized carbons (Fsp3) is 0.750. The predicted octanol–water partition coefficient (Wildman–Crippen LogP) is -0.305. The molecular weight excluding hydrogens is 156 g/mol. The first-order chi connectivity index (χ1) is 5.66. The summed E-state index contributed by atoms with van der Waals surface area (Å²) in [5.74, 6) is 0.0274. The SMILES string of the molecule is CN(C)C(=O)C1CCCN1C=O. The van der Waals surface area contributed by atoms with E-state index < -0.39 is 0 Å². The van der Waals surface area contributed by atoms with Crippen molar-refractivity contribution >= 4 is 12.3 Å². The normalized spacial score (nSPS) is 22.5. The summed E-state index contributed by atoms with van der Waals surface area (Å²) in [6, 6.07) is -0.211. The van der Waals surface area contributed by atoms with Crippen LogP contribution in [0.25, 0.3) is 0 Å². The zero-order chi connectivity index (χ0) is 9.14. The first-order valence-electron chi connectivity index (χ1n) is 4.09. The molecule has 0 spiro atoms. The minimum Gasteiger partial charge on any atom is -0.347 e. The molecule has 0 aromatic rings. The van der Waals surface area contributed by atoms with Crippen molar-refractivity contribution in [3.05, 3.63) is 0 Å². The van der Waals surface area contributed by atoms with E-state index in [1.165, 1.54) is 4.90 Å². The first kappa shape index (κ1) is 9.03. The molecule has 12 heavy (non-hydrogen) atoms. The zero-order valence-electron chi connectivity index (χ0n) is 7.49. The van der Waals surface area contributed by atoms with Crippen LogP contribution in [0, 0.1) is 0 Å². The third-order valence-electron chi connectivity index (χ3n) is 2.16. The molecule has 0 saturated carbocycles. The topological polar surface area (TPSA) is 40.6 Å². The number of rotatable bonds is 2. The molecule has 1 aliphatic heterocycles. The number of carbonyl (C=O) groups excluding carboxylic acids is 2. The van der Waals surface area contributed by atoms with Gasteiger partial charge in [0.1, 0.15) is 6.04 Å². The lowest BCUT2D eigenvalue weighted by atomic mass is 10.2. The number of likely N-dealkylation sites (tertiary alicyclic amines) is 1. The van der Waals surface area contributed by atoms with Crippen LogP contribution in [0.15, 0.2) is 0 Å². The molecule has 0 N–H and O–H groups in total. The third-order valence-corrected chi connectivity index (χ3v) is 2.16. The molecule has 68 valence electrons. The van der Waals surface area contributed by atoms with E-state index in [0.717, 1.165) is 19.3 Å². The van der Waals surface area contributed by atoms with E-state index in [0.29, 0.717) is 6.54 Å². The van der Waals surface area contributed by atoms with Crippen molar-refractivity contribution < 1.29 is 9.59 Å². The van der Waals surface area contributed by atoms with Crippen LogP contribution in [0.5, 0.6) is 0 Å². The Kier molecular flexibility index (Phi) is 2.68. The number of hydrogen-bond donors (Lipinski definition) is 0. The molecule has 1 atom stereocenters. The number of nitrogens with zero attached hydrogens (tertiary/aromatic N) is 2. The Hall–Kier alpha value is -1.06. The van der Waals surface area contributed by atoms with Gasteiger partial charge in [-0.05, 0) is 12.8 Å². The lowest BCUT2D eigenvalue weighted by molar-refractivity contribution is -0.137. The summed E-state index contributed by atoms with van der Waals surface area (Å²) in [5.41, 5.74) is 0. The third kappa shape index (κ3) is 1.57. The van der Waals surface area contributed by atoms with E-state index in [1.807, 2.05) is 0 Å². The van der Waals surface area contributed by atoms with Crippen LogP contribution < -0.4 is 0 Å². The van der Waals surface area contributed by atoms with Crippen LogP contribution in [0.3, 0.4) is 0 Å². The molecule has 1 fully saturated rings. The molecular formula is C8H14N2O2. The van der Waals surface area contributed by atoms with Crippen molar-refractivity contribution in [3.63, 3.8) is 0 Å². The van der Waals surface area contributed by atoms with Crippen LogP contribution in [0.2, 0.25) is 0 Å². The van der Waals surface area contributed by atoms with E-state index in [1.54, 1.807) is 19.0 Å². The Morgan fingerprint density at radius 1 is 1.58 bits per heavy atom. The quantitative estimate of drug-likeness (QED) is 0.534. The molecule has 4 nitrogen and oxygen atoms in total. The average Bonchev–Trinajstić information content (AvgIpc) is 2.49. The summed E-state index contributed by atoms with van der Waals surface area (Å²) in [6.07, 6.45) is 2.50. The molecule has 0 radical (unpaired) electrons. The van der Waals surface area contributed by atoms with Crippen molar-refractivity contribution in [2.24, 2.45) is 0 Å². The van der Waals surface area contributed by atoms with Crippen molar-refractivity contribution in [2.75, 3.05) is 20.6 Å². The summed E-state index contributed by atoms with van der Waals surface area (Å²) < 4.78 is 0. The van der Waals surface area contributed by atoms with Gasteiger partial charge in [0.05, 0.1) is 0 Å². The highest BCUT2D eigenvalue weighted by Gasteiger charge is 2.30. The van der Waals surface area contributed by atoms with Gasteiger partial charge in [-0.2, -0.15) is 0 Å². The van der Waals surface area contributed by atoms with Gasteiger partial charge in [-0.15, -0.1) is 0 Å². The lowest BCUT2D eigenvalue weighted by Crippen LogP contribution is -2.41. The molecule has 4 heteroatoms. The average molecular weight is 170 g/mol. The Bertz CT molecular complexity index is 191. The Morgan fingerprint density at radius 3 is 2.75 bits per heavy atom. The van der Waals surface area contributed by atoms with Crippen molar-refractivity contribution in [1.82, 2.24) is 9.80 Å². The maximum Gasteiger partial charge on any atom is 0.244 e. The maximum atomic E-state index is 11.4. The summed E-state index contributed by atoms with van der Waals surface area (Å²) in [4.78, 5) is 25.0. The van der Waals surface area contributed by atoms with E-state index in [2.05, 4.69) is 0 Å². The molecule has 2 amide bonds. The molecule has 1 unspecified atom stereocenters. The van der Waals surface area contributed by atoms with Crippen LogP contribution >= 0.6 is 0 Å². The summed E-state index contributed by atoms with van der Waals surface area (Å²) in [7, 11) is 3.42. The van der Waals surface area contributed by atoms with Gasteiger partial charge in [0.25, 0.3) is 0 Å². The second-order valence-electron chi connectivity index (χ2n) is 3.23. The van der Waals surface area contributed by atoms with Gasteiger partial charge in [-0.1, -0.05) is 0 Å². The number of carbonyl (C=O) groups is 2. The highest BCUT2D eigenvalue weighted by Crippen LogP contribution is 2.16. The smallest absolute Gasteiger partial charge is 0.244 e. The van der Waals surface area contributed by atoms with Gasteiger partial charge in [0.15, 0.2) is 0 Å². The van der Waals surface area contributed by atoms with E-state index in [4.69, 9.17) is 0 Å². The van der Waals surface area contributed by atoms with Crippen molar-refractivity contribution in [1.29, 1.82) is 0 Å². The standard InChI is InChI=1S/C8H14N2O2/c1-9(2)8(12)7-4-3-5-10(7)6-11/h6-7H,3-5H2,1-2H3. The van der Waals surface area contributed by atoms with Gasteiger partial charge in [0.2, 0.25) is 12.3 Å². The fourth-order valence-electron chi connectivity index (χ4n) is 1.48. The molecule has 0 bridgehead atoms. The fourth-order valence-corrected chi connectivity index (χ4v) is 1.48. The Labute approximate surface area is 72.1 Å². The van der Waals surface area contributed by atoms with Gasteiger partial charge >= 0.3 is 0 Å². The minimum absolute atomic E-state index is 0.0274. The van der Waals surface area contributed by atoms with Gasteiger partial charge in [-0.3, -0.25) is 9.59 Å². The van der Waals surface area contributed by atoms with Gasteiger partial charge < -0.3 is 9.80 Å². The first-order valence-corrected chi connectivity index (χ1v) is 4.09. The van der Waals surface area contributed by atoms with E-state index >= 15 is 0 Å². The second kappa shape index (κ2) is 3.56. The molecule has 1 saturated heterocycles. The lowest BCUT2D eigenvalue weighted by Gasteiger charge is -2.22. The number of hydrogen-bond acceptors (Lipinski definition) is 2. The Balaban J connectivity index is 2.61. The molecule has 0 aromatic heterocycles. The number of amides is 2. The predicted molar refractivity (Wildman–Crippen MR) is 44.5 cm³/mol. The molecule has 0 aliphatic carbocycles. The summed E-state index contributed by atoms with van der Waals surface area (Å²) in [6.45, 7) is 0.716. The van der Waals surface area contributed by atoms with E-state index in [-0.39, 0.29) is 11.9 Å². The van der Waals surface area contributed by atoms with Crippen LogP contribution in [0.1, 0.15) is 12.8 Å². The highest BCUT2D eigenvalue weighted by molar-refractivity contribution is 5.83. The van der Waals surface area contributed by atoms with Gasteiger partial charge in [0, 0.05) is 20.6 Å². The van der Waals surface area contributed by atoms with Crippen LogP contribution in [-0.4, -0.2) is 48.8 Å². The monoisotopic (exact) mass is 170 g/mol. The van der Waals surface area contributed by atoms with E-state index in [9.17, 15) is 9.59 Å². The van der Waals surface area contributed by atoms with Crippen molar-refractivity contribution in [2.45, 2.75) is 18.9 Å². The molecule has 0 aromatic carbocycles. The van der Waals surface area contributed by atoms with Gasteiger partial charge in [-0.25, -0.2) is 0 Å². The minimum atomic E-state index is -0.211. The summed E-state index contributed by atoms with van der Waals surface area (Å²) in [5, 5.41) is 0. The Morgan fingerprint density at radius 2 is 2.25 bits per heavy atom. The van der Waals surface area contributed by atoms with Crippen molar-refractivity contribution in [3.8, 4) is 0 Å². The maximum absolute atomic E-state index is 11.4. The largest absolute Gasteiger partial charge is 0.347 e. The van der Waals surface area contributed by atoms with Crippen LogP contribution in [-0.2, 0) is 9.59 Å². The number of likely N-dealkylation sites (N-methyl/N-ethyl adjacent to an activating group) is 1. The highest BCUT2D eigenvalue weighted by atomic mass is 16.2.